The number of H-pyrrole nitrogens is 1. The maximum atomic E-state index is 11.0. The predicted octanol–water partition coefficient (Wildman–Crippen LogP) is 4.22. The fraction of sp³-hybridized carbons (Fsp3) is 0.158. The highest BCUT2D eigenvalue weighted by Gasteiger charge is 2.09. The summed E-state index contributed by atoms with van der Waals surface area (Å²) in [6.45, 7) is 1.52. The topological polar surface area (TPSA) is 62.2 Å². The van der Waals surface area contributed by atoms with Crippen molar-refractivity contribution in [1.82, 2.24) is 9.88 Å². The standard InChI is InChI=1S/C19H19N3O2/c1-21(14-17-8-4-7-16-11-12-20-19(16)17)13-5-9-15-6-2-3-10-18(15)22(23)24/h2-12,20H,13-14H2,1H3. The van der Waals surface area contributed by atoms with E-state index >= 15 is 0 Å². The summed E-state index contributed by atoms with van der Waals surface area (Å²) in [6, 6.07) is 15.1. The van der Waals surface area contributed by atoms with Gasteiger partial charge in [-0.3, -0.25) is 15.0 Å². The van der Waals surface area contributed by atoms with Gasteiger partial charge in [0.2, 0.25) is 0 Å². The van der Waals surface area contributed by atoms with Gasteiger partial charge in [0, 0.05) is 30.9 Å². The highest BCUT2D eigenvalue weighted by Crippen LogP contribution is 2.20. The molecule has 0 atom stereocenters. The summed E-state index contributed by atoms with van der Waals surface area (Å²) in [7, 11) is 2.03. The molecule has 0 unspecified atom stereocenters. The average Bonchev–Trinajstić information content (AvgIpc) is 3.05. The second-order valence-electron chi connectivity index (χ2n) is 5.77. The SMILES string of the molecule is CN(CC=Cc1ccccc1[N+](=O)[O-])Cc1cccc2cc[nH]c12. The lowest BCUT2D eigenvalue weighted by atomic mass is 10.1. The van der Waals surface area contributed by atoms with Crippen LogP contribution in [0.5, 0.6) is 0 Å². The van der Waals surface area contributed by atoms with E-state index in [2.05, 4.69) is 34.1 Å². The number of nitro groups is 1. The first-order chi connectivity index (χ1) is 11.6. The number of benzene rings is 2. The van der Waals surface area contributed by atoms with Crippen LogP contribution in [0, 0.1) is 10.1 Å². The van der Waals surface area contributed by atoms with Gasteiger partial charge in [-0.05, 0) is 30.1 Å². The van der Waals surface area contributed by atoms with E-state index in [0.717, 1.165) is 12.1 Å². The molecule has 3 aromatic rings. The van der Waals surface area contributed by atoms with E-state index in [4.69, 9.17) is 0 Å². The fourth-order valence-corrected chi connectivity index (χ4v) is 2.79. The number of hydrogen-bond donors (Lipinski definition) is 1. The van der Waals surface area contributed by atoms with Gasteiger partial charge in [0.05, 0.1) is 10.5 Å². The third-order valence-corrected chi connectivity index (χ3v) is 3.96. The molecule has 0 saturated carbocycles. The summed E-state index contributed by atoms with van der Waals surface area (Å²) in [5, 5.41) is 12.2. The van der Waals surface area contributed by atoms with E-state index in [-0.39, 0.29) is 10.6 Å². The molecule has 1 aromatic heterocycles. The summed E-state index contributed by atoms with van der Waals surface area (Å²) < 4.78 is 0. The van der Waals surface area contributed by atoms with E-state index in [0.29, 0.717) is 12.1 Å². The number of nitrogens with zero attached hydrogens (tertiary/aromatic N) is 2. The second kappa shape index (κ2) is 7.10. The summed E-state index contributed by atoms with van der Waals surface area (Å²) in [6.07, 6.45) is 5.71. The number of likely N-dealkylation sites (N-methyl/N-ethyl adjacent to an activating group) is 1. The molecule has 3 rings (SSSR count). The first kappa shape index (κ1) is 16.0. The van der Waals surface area contributed by atoms with Crippen LogP contribution in [0.3, 0.4) is 0 Å². The molecular formula is C19H19N3O2. The van der Waals surface area contributed by atoms with Crippen LogP contribution >= 0.6 is 0 Å². The Morgan fingerprint density at radius 2 is 2.00 bits per heavy atom. The number of rotatable bonds is 6. The molecule has 1 heterocycles. The molecule has 2 aromatic carbocycles. The Balaban J connectivity index is 1.67. The van der Waals surface area contributed by atoms with Gasteiger partial charge < -0.3 is 4.98 Å². The Morgan fingerprint density at radius 3 is 2.83 bits per heavy atom. The number of nitrogens with one attached hydrogen (secondary N) is 1. The molecule has 0 radical (unpaired) electrons. The van der Waals surface area contributed by atoms with Crippen molar-refractivity contribution in [2.24, 2.45) is 0 Å². The minimum Gasteiger partial charge on any atom is -0.361 e. The number of para-hydroxylation sites is 2. The van der Waals surface area contributed by atoms with Gasteiger partial charge in [-0.1, -0.05) is 42.5 Å². The average molecular weight is 321 g/mol. The monoisotopic (exact) mass is 321 g/mol. The van der Waals surface area contributed by atoms with Gasteiger partial charge in [0.25, 0.3) is 5.69 Å². The quantitative estimate of drug-likeness (QED) is 0.546. The normalized spacial score (nSPS) is 11.6. The maximum Gasteiger partial charge on any atom is 0.276 e. The lowest BCUT2D eigenvalue weighted by Crippen LogP contribution is -2.17. The number of aromatic amines is 1. The van der Waals surface area contributed by atoms with Crippen LogP contribution in [0.4, 0.5) is 5.69 Å². The highest BCUT2D eigenvalue weighted by molar-refractivity contribution is 5.82. The third-order valence-electron chi connectivity index (χ3n) is 3.96. The van der Waals surface area contributed by atoms with Crippen molar-refractivity contribution in [2.45, 2.75) is 6.54 Å². The molecule has 0 spiro atoms. The zero-order valence-corrected chi connectivity index (χ0v) is 13.5. The lowest BCUT2D eigenvalue weighted by Gasteiger charge is -2.15. The van der Waals surface area contributed by atoms with Gasteiger partial charge in [0.1, 0.15) is 0 Å². The largest absolute Gasteiger partial charge is 0.361 e. The Morgan fingerprint density at radius 1 is 1.17 bits per heavy atom. The first-order valence-corrected chi connectivity index (χ1v) is 7.78. The van der Waals surface area contributed by atoms with E-state index in [9.17, 15) is 10.1 Å². The van der Waals surface area contributed by atoms with Crippen molar-refractivity contribution < 1.29 is 4.92 Å². The highest BCUT2D eigenvalue weighted by atomic mass is 16.6. The molecule has 0 saturated heterocycles. The van der Waals surface area contributed by atoms with Crippen molar-refractivity contribution in [2.75, 3.05) is 13.6 Å². The summed E-state index contributed by atoms with van der Waals surface area (Å²) >= 11 is 0. The van der Waals surface area contributed by atoms with Crippen molar-refractivity contribution in [3.8, 4) is 0 Å². The molecule has 5 heteroatoms. The molecular weight excluding hydrogens is 302 g/mol. The number of nitro benzene ring substituents is 1. The van der Waals surface area contributed by atoms with Crippen LogP contribution in [0.2, 0.25) is 0 Å². The van der Waals surface area contributed by atoms with Crippen LogP contribution in [0.1, 0.15) is 11.1 Å². The van der Waals surface area contributed by atoms with E-state index in [1.807, 2.05) is 31.5 Å². The molecule has 5 nitrogen and oxygen atoms in total. The van der Waals surface area contributed by atoms with Crippen molar-refractivity contribution in [3.05, 3.63) is 82.0 Å². The van der Waals surface area contributed by atoms with Crippen molar-refractivity contribution in [1.29, 1.82) is 0 Å². The van der Waals surface area contributed by atoms with Crippen LogP contribution in [-0.2, 0) is 6.54 Å². The summed E-state index contributed by atoms with van der Waals surface area (Å²) in [5.41, 5.74) is 3.15. The van der Waals surface area contributed by atoms with E-state index < -0.39 is 0 Å². The Kier molecular flexibility index (Phi) is 4.72. The number of aromatic nitrogens is 1. The van der Waals surface area contributed by atoms with Crippen LogP contribution < -0.4 is 0 Å². The molecule has 0 aliphatic rings. The molecule has 24 heavy (non-hydrogen) atoms. The Bertz CT molecular complexity index is 883. The number of fused-ring (bicyclic) bond motifs is 1. The van der Waals surface area contributed by atoms with Gasteiger partial charge in [0.15, 0.2) is 0 Å². The van der Waals surface area contributed by atoms with Gasteiger partial charge in [-0.25, -0.2) is 0 Å². The Hall–Kier alpha value is -2.92. The van der Waals surface area contributed by atoms with Gasteiger partial charge in [-0.15, -0.1) is 0 Å². The molecule has 1 N–H and O–H groups in total. The van der Waals surface area contributed by atoms with Gasteiger partial charge >= 0.3 is 0 Å². The maximum absolute atomic E-state index is 11.0. The van der Waals surface area contributed by atoms with Crippen LogP contribution in [-0.4, -0.2) is 28.4 Å². The zero-order valence-electron chi connectivity index (χ0n) is 13.5. The smallest absolute Gasteiger partial charge is 0.276 e. The second-order valence-corrected chi connectivity index (χ2v) is 5.77. The lowest BCUT2D eigenvalue weighted by molar-refractivity contribution is -0.385. The minimum atomic E-state index is -0.352. The van der Waals surface area contributed by atoms with Crippen LogP contribution in [0.25, 0.3) is 17.0 Å². The van der Waals surface area contributed by atoms with Gasteiger partial charge in [-0.2, -0.15) is 0 Å². The Labute approximate surface area is 140 Å². The predicted molar refractivity (Wildman–Crippen MR) is 96.8 cm³/mol. The van der Waals surface area contributed by atoms with Crippen molar-refractivity contribution in [3.63, 3.8) is 0 Å². The number of hydrogen-bond acceptors (Lipinski definition) is 3. The summed E-state index contributed by atoms with van der Waals surface area (Å²) in [4.78, 5) is 16.1. The molecule has 122 valence electrons. The molecule has 0 bridgehead atoms. The molecule has 0 fully saturated rings. The van der Waals surface area contributed by atoms with Crippen LogP contribution in [0.15, 0.2) is 60.8 Å². The molecule has 0 aliphatic carbocycles. The van der Waals surface area contributed by atoms with E-state index in [1.165, 1.54) is 17.0 Å². The third kappa shape index (κ3) is 3.52. The zero-order chi connectivity index (χ0) is 16.9. The fourth-order valence-electron chi connectivity index (χ4n) is 2.79. The first-order valence-electron chi connectivity index (χ1n) is 7.78. The van der Waals surface area contributed by atoms with Crippen molar-refractivity contribution >= 4 is 22.7 Å². The minimum absolute atomic E-state index is 0.132. The van der Waals surface area contributed by atoms with E-state index in [1.54, 1.807) is 12.1 Å². The summed E-state index contributed by atoms with van der Waals surface area (Å²) in [5.74, 6) is 0. The molecule has 0 amide bonds. The molecule has 0 aliphatic heterocycles.